The molecular weight excluding hydrogens is 225 g/mol. The molecule has 0 aromatic heterocycles. The lowest BCUT2D eigenvalue weighted by Gasteiger charge is -2.49. The van der Waals surface area contributed by atoms with E-state index in [0.29, 0.717) is 0 Å². The molecule has 0 aliphatic carbocycles. The molecule has 0 aliphatic heterocycles. The number of hydrogen-bond acceptors (Lipinski definition) is 1. The molecule has 0 saturated carbocycles. The Bertz CT molecular complexity index is 331. The van der Waals surface area contributed by atoms with Crippen molar-refractivity contribution in [3.8, 4) is 0 Å². The summed E-state index contributed by atoms with van der Waals surface area (Å²) in [6.45, 7) is 16.2. The van der Waals surface area contributed by atoms with Gasteiger partial charge in [0.2, 0.25) is 0 Å². The third kappa shape index (κ3) is 3.79. The van der Waals surface area contributed by atoms with Crippen molar-refractivity contribution in [3.05, 3.63) is 30.3 Å². The van der Waals surface area contributed by atoms with Crippen LogP contribution in [-0.4, -0.2) is 22.4 Å². The minimum atomic E-state index is -0.282. The van der Waals surface area contributed by atoms with Crippen molar-refractivity contribution in [3.63, 3.8) is 0 Å². The average Bonchev–Trinajstić information content (AvgIpc) is 2.14. The van der Waals surface area contributed by atoms with Gasteiger partial charge in [0.05, 0.1) is 0 Å². The van der Waals surface area contributed by atoms with Crippen LogP contribution in [0.3, 0.4) is 0 Å². The van der Waals surface area contributed by atoms with Gasteiger partial charge in [-0.1, -0.05) is 30.3 Å². The van der Waals surface area contributed by atoms with E-state index >= 15 is 0 Å². The second-order valence-corrected chi connectivity index (χ2v) is 8.48. The molecule has 0 N–H and O–H groups in total. The van der Waals surface area contributed by atoms with Crippen LogP contribution in [0.5, 0.6) is 0 Å². The lowest BCUT2D eigenvalue weighted by Crippen LogP contribution is -2.50. The van der Waals surface area contributed by atoms with E-state index in [-0.39, 0.29) is 19.2 Å². The van der Waals surface area contributed by atoms with Crippen molar-refractivity contribution < 1.29 is 0 Å². The fourth-order valence-electron chi connectivity index (χ4n) is 2.67. The Kier molecular flexibility index (Phi) is 4.38. The van der Waals surface area contributed by atoms with Crippen molar-refractivity contribution in [1.82, 2.24) is 4.67 Å². The SMILES string of the molecule is CP(c1ccccc1)N(C(C)(C)C)C(C)(C)C. The molecule has 0 amide bonds. The molecule has 1 aromatic rings. The highest BCUT2D eigenvalue weighted by Crippen LogP contribution is 2.46. The zero-order chi connectivity index (χ0) is 13.3. The average molecular weight is 251 g/mol. The minimum absolute atomic E-state index is 0.189. The molecule has 0 bridgehead atoms. The van der Waals surface area contributed by atoms with Crippen LogP contribution in [0.4, 0.5) is 0 Å². The van der Waals surface area contributed by atoms with Crippen molar-refractivity contribution in [2.45, 2.75) is 52.6 Å². The molecule has 2 heteroatoms. The molecule has 96 valence electrons. The topological polar surface area (TPSA) is 3.24 Å². The highest BCUT2D eigenvalue weighted by Gasteiger charge is 2.35. The van der Waals surface area contributed by atoms with Crippen LogP contribution in [0.25, 0.3) is 0 Å². The summed E-state index contributed by atoms with van der Waals surface area (Å²) in [6, 6.07) is 10.9. The maximum atomic E-state index is 2.64. The summed E-state index contributed by atoms with van der Waals surface area (Å²) < 4.78 is 2.64. The second kappa shape index (κ2) is 5.08. The van der Waals surface area contributed by atoms with Crippen LogP contribution in [0.2, 0.25) is 0 Å². The van der Waals surface area contributed by atoms with E-state index in [1.165, 1.54) is 5.30 Å². The summed E-state index contributed by atoms with van der Waals surface area (Å²) in [4.78, 5) is 0. The highest BCUT2D eigenvalue weighted by atomic mass is 31.1. The maximum absolute atomic E-state index is 2.64. The molecule has 1 atom stereocenters. The Balaban J connectivity index is 3.09. The summed E-state index contributed by atoms with van der Waals surface area (Å²) in [5.74, 6) is 0. The summed E-state index contributed by atoms with van der Waals surface area (Å²) in [6.07, 6.45) is 0. The third-order valence-corrected chi connectivity index (χ3v) is 5.55. The molecule has 1 nitrogen and oxygen atoms in total. The van der Waals surface area contributed by atoms with Gasteiger partial charge in [0.25, 0.3) is 0 Å². The lowest BCUT2D eigenvalue weighted by molar-refractivity contribution is 0.150. The van der Waals surface area contributed by atoms with Gasteiger partial charge >= 0.3 is 0 Å². The quantitative estimate of drug-likeness (QED) is 0.711. The molecule has 0 saturated heterocycles. The van der Waals surface area contributed by atoms with Crippen LogP contribution < -0.4 is 5.30 Å². The molecular formula is C15H26NP. The monoisotopic (exact) mass is 251 g/mol. The summed E-state index contributed by atoms with van der Waals surface area (Å²) in [7, 11) is -0.282. The van der Waals surface area contributed by atoms with E-state index < -0.39 is 0 Å². The van der Waals surface area contributed by atoms with E-state index in [1.807, 2.05) is 0 Å². The second-order valence-electron chi connectivity index (χ2n) is 6.51. The maximum Gasteiger partial charge on any atom is 0.0170 e. The third-order valence-electron chi connectivity index (χ3n) is 2.70. The predicted octanol–water partition coefficient (Wildman–Crippen LogP) is 4.24. The number of benzene rings is 1. The molecule has 17 heavy (non-hydrogen) atoms. The van der Waals surface area contributed by atoms with E-state index in [9.17, 15) is 0 Å². The number of rotatable bonds is 2. The van der Waals surface area contributed by atoms with E-state index in [4.69, 9.17) is 0 Å². The van der Waals surface area contributed by atoms with E-state index in [2.05, 4.69) is 83.2 Å². The van der Waals surface area contributed by atoms with Gasteiger partial charge in [0, 0.05) is 11.1 Å². The molecule has 0 heterocycles. The van der Waals surface area contributed by atoms with Gasteiger partial charge in [0.1, 0.15) is 0 Å². The Morgan fingerprint density at radius 3 is 1.59 bits per heavy atom. The molecule has 0 fully saturated rings. The Morgan fingerprint density at radius 1 is 0.824 bits per heavy atom. The van der Waals surface area contributed by atoms with Crippen molar-refractivity contribution in [2.75, 3.05) is 6.66 Å². The largest absolute Gasteiger partial charge is 0.268 e. The van der Waals surface area contributed by atoms with Crippen molar-refractivity contribution in [2.24, 2.45) is 0 Å². The molecule has 1 unspecified atom stereocenters. The minimum Gasteiger partial charge on any atom is -0.268 e. The van der Waals surface area contributed by atoms with Crippen LogP contribution in [0, 0.1) is 0 Å². The number of nitrogens with zero attached hydrogens (tertiary/aromatic N) is 1. The van der Waals surface area contributed by atoms with Gasteiger partial charge in [-0.3, -0.25) is 4.67 Å². The molecule has 0 spiro atoms. The Morgan fingerprint density at radius 2 is 1.24 bits per heavy atom. The Hall–Kier alpha value is -0.390. The zero-order valence-electron chi connectivity index (χ0n) is 12.3. The van der Waals surface area contributed by atoms with Crippen LogP contribution in [0.1, 0.15) is 41.5 Å². The van der Waals surface area contributed by atoms with E-state index in [1.54, 1.807) is 0 Å². The summed E-state index contributed by atoms with van der Waals surface area (Å²) in [5.41, 5.74) is 0.378. The lowest BCUT2D eigenvalue weighted by atomic mass is 10.0. The van der Waals surface area contributed by atoms with Gasteiger partial charge in [-0.15, -0.1) is 0 Å². The van der Waals surface area contributed by atoms with Gasteiger partial charge in [-0.25, -0.2) is 0 Å². The van der Waals surface area contributed by atoms with Gasteiger partial charge in [0.15, 0.2) is 0 Å². The molecule has 0 radical (unpaired) electrons. The van der Waals surface area contributed by atoms with Gasteiger partial charge in [-0.2, -0.15) is 0 Å². The van der Waals surface area contributed by atoms with E-state index in [0.717, 1.165) is 0 Å². The van der Waals surface area contributed by atoms with Gasteiger partial charge in [-0.05, 0) is 61.6 Å². The van der Waals surface area contributed by atoms with Crippen LogP contribution in [0.15, 0.2) is 30.3 Å². The standard InChI is InChI=1S/C15H26NP/c1-14(2,3)16(15(4,5)6)17(7)13-11-9-8-10-12-13/h8-12H,1-7H3. The summed E-state index contributed by atoms with van der Waals surface area (Å²) in [5, 5.41) is 1.45. The van der Waals surface area contributed by atoms with Crippen molar-refractivity contribution in [1.29, 1.82) is 0 Å². The first-order chi connectivity index (χ1) is 7.64. The van der Waals surface area contributed by atoms with Crippen LogP contribution in [-0.2, 0) is 0 Å². The number of hydrogen-bond donors (Lipinski definition) is 0. The first-order valence-corrected chi connectivity index (χ1v) is 7.97. The fourth-order valence-corrected chi connectivity index (χ4v) is 5.30. The van der Waals surface area contributed by atoms with Crippen molar-refractivity contribution >= 4 is 13.4 Å². The zero-order valence-corrected chi connectivity index (χ0v) is 13.2. The first-order valence-electron chi connectivity index (χ1n) is 6.23. The van der Waals surface area contributed by atoms with Gasteiger partial charge < -0.3 is 0 Å². The summed E-state index contributed by atoms with van der Waals surface area (Å²) >= 11 is 0. The normalized spacial score (nSPS) is 15.1. The van der Waals surface area contributed by atoms with Crippen LogP contribution >= 0.6 is 8.07 Å². The molecule has 1 aromatic carbocycles. The first kappa shape index (κ1) is 14.7. The molecule has 1 rings (SSSR count). The smallest absolute Gasteiger partial charge is 0.0170 e. The highest BCUT2D eigenvalue weighted by molar-refractivity contribution is 7.62. The molecule has 0 aliphatic rings. The Labute approximate surface area is 108 Å². The predicted molar refractivity (Wildman–Crippen MR) is 80.3 cm³/mol. The fraction of sp³-hybridized carbons (Fsp3) is 0.600.